The van der Waals surface area contributed by atoms with E-state index < -0.39 is 47.9 Å². The summed E-state index contributed by atoms with van der Waals surface area (Å²) in [6, 6.07) is 2.50. The number of rotatable bonds is 3. The predicted octanol–water partition coefficient (Wildman–Crippen LogP) is 2.89. The number of carbonyl (C=O) groups is 1. The lowest BCUT2D eigenvalue weighted by atomic mass is 9.86. The van der Waals surface area contributed by atoms with Crippen molar-refractivity contribution >= 4 is 17.6 Å². The Hall–Kier alpha value is -3.31. The molecule has 0 radical (unpaired) electrons. The van der Waals surface area contributed by atoms with E-state index in [1.165, 1.54) is 6.92 Å². The number of carbonyl (C=O) groups excluding carboxylic acids is 1. The zero-order chi connectivity index (χ0) is 21.4. The normalized spacial score (nSPS) is 21.9. The first-order valence-electron chi connectivity index (χ1n) is 8.15. The molecule has 2 aromatic heterocycles. The Balaban J connectivity index is 1.91. The number of halogens is 5. The van der Waals surface area contributed by atoms with Crippen LogP contribution in [0.25, 0.3) is 0 Å². The Morgan fingerprint density at radius 2 is 2.00 bits per heavy atom. The summed E-state index contributed by atoms with van der Waals surface area (Å²) in [5.74, 6) is -2.48. The van der Waals surface area contributed by atoms with E-state index in [9.17, 15) is 26.7 Å². The van der Waals surface area contributed by atoms with Gasteiger partial charge in [0.15, 0.2) is 6.10 Å². The smallest absolute Gasteiger partial charge is 0.425 e. The van der Waals surface area contributed by atoms with Gasteiger partial charge in [-0.15, -0.1) is 0 Å². The summed E-state index contributed by atoms with van der Waals surface area (Å²) in [5.41, 5.74) is 3.15. The van der Waals surface area contributed by atoms with Crippen molar-refractivity contribution in [3.63, 3.8) is 0 Å². The number of pyridine rings is 2. The summed E-state index contributed by atoms with van der Waals surface area (Å²) in [4.78, 5) is 23.1. The molecule has 0 aliphatic carbocycles. The van der Waals surface area contributed by atoms with Crippen molar-refractivity contribution in [1.82, 2.24) is 9.97 Å². The summed E-state index contributed by atoms with van der Waals surface area (Å²) in [5, 5.41) is 2.37. The van der Waals surface area contributed by atoms with E-state index in [0.717, 1.165) is 30.6 Å². The number of hydrogen-bond acceptors (Lipinski definition) is 6. The van der Waals surface area contributed by atoms with Crippen molar-refractivity contribution in [3.8, 4) is 0 Å². The van der Waals surface area contributed by atoms with Crippen molar-refractivity contribution < 1.29 is 31.5 Å². The average Bonchev–Trinajstić information content (AvgIpc) is 2.62. The molecule has 0 aromatic carbocycles. The number of aromatic nitrogens is 2. The van der Waals surface area contributed by atoms with Crippen LogP contribution < -0.4 is 11.1 Å². The van der Waals surface area contributed by atoms with Crippen LogP contribution in [0.4, 0.5) is 27.6 Å². The molecular weight excluding hydrogens is 401 g/mol. The first kappa shape index (κ1) is 20.4. The van der Waals surface area contributed by atoms with Gasteiger partial charge in [-0.2, -0.15) is 17.6 Å². The maximum atomic E-state index is 14.3. The van der Waals surface area contributed by atoms with Crippen LogP contribution in [0.15, 0.2) is 35.6 Å². The van der Waals surface area contributed by atoms with Crippen molar-refractivity contribution in [1.29, 1.82) is 0 Å². The molecule has 3 N–H and O–H groups in total. The number of hydrogen-bond donors (Lipinski definition) is 2. The minimum atomic E-state index is -4.74. The molecule has 3 heterocycles. The van der Waals surface area contributed by atoms with E-state index in [1.807, 2.05) is 0 Å². The molecule has 1 aliphatic heterocycles. The van der Waals surface area contributed by atoms with Gasteiger partial charge < -0.3 is 15.8 Å². The van der Waals surface area contributed by atoms with Gasteiger partial charge in [-0.25, -0.2) is 19.4 Å². The van der Waals surface area contributed by atoms with Crippen molar-refractivity contribution in [2.24, 2.45) is 10.7 Å². The Morgan fingerprint density at radius 3 is 2.62 bits per heavy atom. The second-order valence-corrected chi connectivity index (χ2v) is 6.45. The van der Waals surface area contributed by atoms with Gasteiger partial charge in [-0.05, 0) is 25.1 Å². The number of anilines is 1. The van der Waals surface area contributed by atoms with Gasteiger partial charge in [0.1, 0.15) is 11.5 Å². The Kier molecular flexibility index (Phi) is 5.11. The topological polar surface area (TPSA) is 102 Å². The standard InChI is InChI=1S/C17H14F5N5O2/c1-16(5-12(17(20,21)22)29-15(23)27-16)10-4-9(7-25-13(10)19)26-14(28)11-3-2-8(18)6-24-11/h2-4,6-7,12H,5H2,1H3,(H2,23,27)(H,26,28)/t12-,16+/m0/s1. The van der Waals surface area contributed by atoms with Crippen LogP contribution in [0.2, 0.25) is 0 Å². The highest BCUT2D eigenvalue weighted by Crippen LogP contribution is 2.40. The van der Waals surface area contributed by atoms with E-state index in [-0.39, 0.29) is 16.9 Å². The third kappa shape index (κ3) is 4.41. The minimum Gasteiger partial charge on any atom is -0.452 e. The fraction of sp³-hybridized carbons (Fsp3) is 0.294. The lowest BCUT2D eigenvalue weighted by molar-refractivity contribution is -0.208. The maximum Gasteiger partial charge on any atom is 0.425 e. The first-order chi connectivity index (χ1) is 13.5. The molecule has 0 spiro atoms. The third-order valence-corrected chi connectivity index (χ3v) is 4.21. The molecule has 154 valence electrons. The van der Waals surface area contributed by atoms with Crippen LogP contribution in [0.5, 0.6) is 0 Å². The Labute approximate surface area is 160 Å². The van der Waals surface area contributed by atoms with Crippen molar-refractivity contribution in [2.75, 3.05) is 5.32 Å². The van der Waals surface area contributed by atoms with Gasteiger partial charge in [0.25, 0.3) is 11.9 Å². The largest absolute Gasteiger partial charge is 0.452 e. The number of nitrogens with zero attached hydrogens (tertiary/aromatic N) is 3. The summed E-state index contributed by atoms with van der Waals surface area (Å²) in [6.45, 7) is 1.24. The molecular formula is C17H14F5N5O2. The highest BCUT2D eigenvalue weighted by Gasteiger charge is 2.50. The molecule has 0 fully saturated rings. The third-order valence-electron chi connectivity index (χ3n) is 4.21. The van der Waals surface area contributed by atoms with Gasteiger partial charge in [0.2, 0.25) is 5.95 Å². The molecule has 3 rings (SSSR count). The van der Waals surface area contributed by atoms with Gasteiger partial charge in [0, 0.05) is 12.0 Å². The molecule has 2 atom stereocenters. The zero-order valence-corrected chi connectivity index (χ0v) is 14.8. The number of aliphatic imine (C=N–C) groups is 1. The first-order valence-corrected chi connectivity index (χ1v) is 8.15. The highest BCUT2D eigenvalue weighted by molar-refractivity contribution is 6.02. The van der Waals surface area contributed by atoms with Gasteiger partial charge in [0.05, 0.1) is 23.6 Å². The molecule has 12 heteroatoms. The van der Waals surface area contributed by atoms with E-state index in [0.29, 0.717) is 0 Å². The second-order valence-electron chi connectivity index (χ2n) is 6.45. The maximum absolute atomic E-state index is 14.3. The van der Waals surface area contributed by atoms with Crippen LogP contribution in [0.3, 0.4) is 0 Å². The number of amides is 1. The quantitative estimate of drug-likeness (QED) is 0.593. The number of nitrogens with two attached hydrogens (primary N) is 1. The van der Waals surface area contributed by atoms with Gasteiger partial charge in [-0.1, -0.05) is 0 Å². The summed E-state index contributed by atoms with van der Waals surface area (Å²) in [6.07, 6.45) is -5.97. The van der Waals surface area contributed by atoms with Gasteiger partial charge >= 0.3 is 6.18 Å². The minimum absolute atomic E-state index is 0.0254. The highest BCUT2D eigenvalue weighted by atomic mass is 19.4. The molecule has 0 bridgehead atoms. The average molecular weight is 415 g/mol. The van der Waals surface area contributed by atoms with Gasteiger partial charge in [-0.3, -0.25) is 4.79 Å². The molecule has 7 nitrogen and oxygen atoms in total. The second kappa shape index (κ2) is 7.26. The molecule has 0 unspecified atom stereocenters. The molecule has 2 aromatic rings. The predicted molar refractivity (Wildman–Crippen MR) is 90.9 cm³/mol. The van der Waals surface area contributed by atoms with Crippen LogP contribution in [-0.4, -0.2) is 34.2 Å². The summed E-state index contributed by atoms with van der Waals surface area (Å²) < 4.78 is 71.1. The lowest BCUT2D eigenvalue weighted by Crippen LogP contribution is -2.46. The molecule has 1 amide bonds. The molecule has 1 aliphatic rings. The van der Waals surface area contributed by atoms with Crippen LogP contribution in [-0.2, 0) is 10.3 Å². The Morgan fingerprint density at radius 1 is 1.28 bits per heavy atom. The van der Waals surface area contributed by atoms with E-state index in [1.54, 1.807) is 0 Å². The fourth-order valence-corrected chi connectivity index (χ4v) is 2.82. The number of amidine groups is 1. The monoisotopic (exact) mass is 415 g/mol. The summed E-state index contributed by atoms with van der Waals surface area (Å²) >= 11 is 0. The number of alkyl halides is 3. The van der Waals surface area contributed by atoms with Crippen molar-refractivity contribution in [2.45, 2.75) is 31.2 Å². The number of nitrogens with one attached hydrogen (secondary N) is 1. The SMILES string of the molecule is C[C@]1(c2cc(NC(=O)c3ccc(F)cn3)cnc2F)C[C@@H](C(F)(F)F)OC(N)=N1. The van der Waals surface area contributed by atoms with E-state index >= 15 is 0 Å². The number of ether oxygens (including phenoxy) is 1. The van der Waals surface area contributed by atoms with Crippen LogP contribution in [0.1, 0.15) is 29.4 Å². The lowest BCUT2D eigenvalue weighted by Gasteiger charge is -2.35. The Bertz CT molecular complexity index is 964. The molecule has 0 saturated heterocycles. The van der Waals surface area contributed by atoms with Crippen LogP contribution >= 0.6 is 0 Å². The molecule has 29 heavy (non-hydrogen) atoms. The van der Waals surface area contributed by atoms with E-state index in [4.69, 9.17) is 5.73 Å². The van der Waals surface area contributed by atoms with Crippen molar-refractivity contribution in [3.05, 3.63) is 53.6 Å². The molecule has 0 saturated carbocycles. The summed E-state index contributed by atoms with van der Waals surface area (Å²) in [7, 11) is 0. The van der Waals surface area contributed by atoms with E-state index in [2.05, 4.69) is 25.0 Å². The van der Waals surface area contributed by atoms with Crippen LogP contribution in [0, 0.1) is 11.8 Å². The zero-order valence-electron chi connectivity index (χ0n) is 14.8. The fourth-order valence-electron chi connectivity index (χ4n) is 2.82.